The van der Waals surface area contributed by atoms with Gasteiger partial charge in [-0.1, -0.05) is 39.8 Å². The van der Waals surface area contributed by atoms with E-state index in [4.69, 9.17) is 4.74 Å². The Hall–Kier alpha value is -1.18. The maximum absolute atomic E-state index is 5.93. The lowest BCUT2D eigenvalue weighted by atomic mass is 9.79. The van der Waals surface area contributed by atoms with Crippen molar-refractivity contribution in [3.05, 3.63) is 24.3 Å². The molecule has 1 N–H and O–H groups in total. The van der Waals surface area contributed by atoms with E-state index in [9.17, 15) is 0 Å². The van der Waals surface area contributed by atoms with E-state index in [1.54, 1.807) is 0 Å². The Morgan fingerprint density at radius 2 is 1.90 bits per heavy atom. The van der Waals surface area contributed by atoms with Crippen molar-refractivity contribution in [3.63, 3.8) is 0 Å². The highest BCUT2D eigenvalue weighted by Gasteiger charge is 2.24. The van der Waals surface area contributed by atoms with Crippen LogP contribution in [0.25, 0.3) is 0 Å². The molecule has 1 aliphatic rings. The van der Waals surface area contributed by atoms with Gasteiger partial charge in [-0.15, -0.1) is 0 Å². The molecule has 3 unspecified atom stereocenters. The highest BCUT2D eigenvalue weighted by molar-refractivity contribution is 5.56. The molecule has 0 spiro atoms. The van der Waals surface area contributed by atoms with Gasteiger partial charge in [0.1, 0.15) is 5.75 Å². The van der Waals surface area contributed by atoms with Gasteiger partial charge in [0.2, 0.25) is 0 Å². The lowest BCUT2D eigenvalue weighted by molar-refractivity contribution is 0.257. The molecule has 1 fully saturated rings. The molecule has 2 nitrogen and oxygen atoms in total. The first-order valence-electron chi connectivity index (χ1n) is 8.04. The second kappa shape index (κ2) is 7.01. The molecule has 0 aliphatic heterocycles. The molecule has 20 heavy (non-hydrogen) atoms. The minimum Gasteiger partial charge on any atom is -0.491 e. The van der Waals surface area contributed by atoms with Crippen molar-refractivity contribution in [3.8, 4) is 5.75 Å². The van der Waals surface area contributed by atoms with Gasteiger partial charge in [-0.25, -0.2) is 0 Å². The standard InChI is InChI=1S/C18H29NO/c1-13(2)12-20-18-8-6-5-7-17(18)19-16-10-9-14(3)15(4)11-16/h5-8,13-16,19H,9-12H2,1-4H3. The molecule has 0 bridgehead atoms. The average Bonchev–Trinajstić information content (AvgIpc) is 2.42. The Labute approximate surface area is 123 Å². The SMILES string of the molecule is CC(C)COc1ccccc1NC1CCC(C)C(C)C1. The van der Waals surface area contributed by atoms with Crippen LogP contribution in [-0.2, 0) is 0 Å². The fraction of sp³-hybridized carbons (Fsp3) is 0.667. The van der Waals surface area contributed by atoms with Crippen LogP contribution < -0.4 is 10.1 Å². The van der Waals surface area contributed by atoms with E-state index < -0.39 is 0 Å². The third-order valence-electron chi connectivity index (χ3n) is 4.42. The highest BCUT2D eigenvalue weighted by atomic mass is 16.5. The Morgan fingerprint density at radius 1 is 1.15 bits per heavy atom. The fourth-order valence-electron chi connectivity index (χ4n) is 2.87. The van der Waals surface area contributed by atoms with Crippen molar-refractivity contribution < 1.29 is 4.74 Å². The van der Waals surface area contributed by atoms with Crippen molar-refractivity contribution in [2.75, 3.05) is 11.9 Å². The van der Waals surface area contributed by atoms with Gasteiger partial charge in [0, 0.05) is 6.04 Å². The summed E-state index contributed by atoms with van der Waals surface area (Å²) in [6, 6.07) is 8.93. The van der Waals surface area contributed by atoms with E-state index in [-0.39, 0.29) is 0 Å². The van der Waals surface area contributed by atoms with E-state index in [1.807, 2.05) is 6.07 Å². The highest BCUT2D eigenvalue weighted by Crippen LogP contribution is 2.33. The Balaban J connectivity index is 1.98. The molecule has 0 radical (unpaired) electrons. The summed E-state index contributed by atoms with van der Waals surface area (Å²) in [4.78, 5) is 0. The van der Waals surface area contributed by atoms with Gasteiger partial charge in [0.25, 0.3) is 0 Å². The van der Waals surface area contributed by atoms with E-state index in [0.717, 1.165) is 29.9 Å². The number of anilines is 1. The smallest absolute Gasteiger partial charge is 0.142 e. The Bertz CT molecular complexity index is 416. The third kappa shape index (κ3) is 4.16. The van der Waals surface area contributed by atoms with Crippen molar-refractivity contribution in [1.82, 2.24) is 0 Å². The van der Waals surface area contributed by atoms with Crippen LogP contribution in [0.15, 0.2) is 24.3 Å². The lowest BCUT2D eigenvalue weighted by Gasteiger charge is -2.33. The number of para-hydroxylation sites is 2. The lowest BCUT2D eigenvalue weighted by Crippen LogP contribution is -2.30. The molecule has 2 rings (SSSR count). The average molecular weight is 275 g/mol. The van der Waals surface area contributed by atoms with Crippen molar-refractivity contribution >= 4 is 5.69 Å². The number of benzene rings is 1. The molecule has 0 amide bonds. The number of nitrogens with one attached hydrogen (secondary N) is 1. The maximum atomic E-state index is 5.93. The zero-order valence-electron chi connectivity index (χ0n) is 13.4. The van der Waals surface area contributed by atoms with E-state index in [1.165, 1.54) is 19.3 Å². The second-order valence-electron chi connectivity index (χ2n) is 6.81. The number of hydrogen-bond donors (Lipinski definition) is 1. The van der Waals surface area contributed by atoms with Crippen LogP contribution in [-0.4, -0.2) is 12.6 Å². The zero-order chi connectivity index (χ0) is 14.5. The van der Waals surface area contributed by atoms with Gasteiger partial charge in [0.05, 0.1) is 12.3 Å². The van der Waals surface area contributed by atoms with Gasteiger partial charge in [-0.2, -0.15) is 0 Å². The van der Waals surface area contributed by atoms with Crippen LogP contribution in [0.1, 0.15) is 47.0 Å². The van der Waals surface area contributed by atoms with Crippen molar-refractivity contribution in [2.45, 2.75) is 53.0 Å². The zero-order valence-corrected chi connectivity index (χ0v) is 13.4. The normalized spacial score (nSPS) is 26.6. The molecule has 1 aromatic rings. The second-order valence-corrected chi connectivity index (χ2v) is 6.81. The molecule has 1 aliphatic carbocycles. The Kier molecular flexibility index (Phi) is 5.33. The van der Waals surface area contributed by atoms with Crippen molar-refractivity contribution in [2.24, 2.45) is 17.8 Å². The predicted octanol–water partition coefficient (Wildman–Crippen LogP) is 4.96. The van der Waals surface area contributed by atoms with E-state index in [2.05, 4.69) is 51.2 Å². The van der Waals surface area contributed by atoms with Gasteiger partial charge in [0.15, 0.2) is 0 Å². The first-order valence-corrected chi connectivity index (χ1v) is 8.04. The fourth-order valence-corrected chi connectivity index (χ4v) is 2.87. The van der Waals surface area contributed by atoms with Crippen molar-refractivity contribution in [1.29, 1.82) is 0 Å². The Morgan fingerprint density at radius 3 is 2.60 bits per heavy atom. The van der Waals surface area contributed by atoms with Gasteiger partial charge in [-0.05, 0) is 49.1 Å². The summed E-state index contributed by atoms with van der Waals surface area (Å²) < 4.78 is 5.93. The topological polar surface area (TPSA) is 21.3 Å². The quantitative estimate of drug-likeness (QED) is 0.820. The summed E-state index contributed by atoms with van der Waals surface area (Å²) in [5, 5.41) is 3.70. The van der Waals surface area contributed by atoms with Crippen LogP contribution in [0, 0.1) is 17.8 Å². The van der Waals surface area contributed by atoms with Crippen LogP contribution >= 0.6 is 0 Å². The molecule has 1 saturated carbocycles. The first-order chi connectivity index (χ1) is 9.56. The minimum absolute atomic E-state index is 0.554. The molecule has 0 saturated heterocycles. The number of ether oxygens (including phenoxy) is 1. The number of hydrogen-bond acceptors (Lipinski definition) is 2. The van der Waals surface area contributed by atoms with Gasteiger partial charge >= 0.3 is 0 Å². The van der Waals surface area contributed by atoms with E-state index in [0.29, 0.717) is 12.0 Å². The summed E-state index contributed by atoms with van der Waals surface area (Å²) in [5.41, 5.74) is 1.15. The summed E-state index contributed by atoms with van der Waals surface area (Å²) in [6.45, 7) is 9.89. The van der Waals surface area contributed by atoms with Crippen LogP contribution in [0.2, 0.25) is 0 Å². The largest absolute Gasteiger partial charge is 0.491 e. The molecule has 2 heteroatoms. The first kappa shape index (κ1) is 15.2. The van der Waals surface area contributed by atoms with E-state index >= 15 is 0 Å². The summed E-state index contributed by atoms with van der Waals surface area (Å²) in [5.74, 6) is 3.22. The summed E-state index contributed by atoms with van der Waals surface area (Å²) in [7, 11) is 0. The summed E-state index contributed by atoms with van der Waals surface area (Å²) in [6.07, 6.45) is 3.86. The van der Waals surface area contributed by atoms with Gasteiger partial charge < -0.3 is 10.1 Å². The molecule has 112 valence electrons. The molecular formula is C18H29NO. The van der Waals surface area contributed by atoms with Crippen LogP contribution in [0.5, 0.6) is 5.75 Å². The van der Waals surface area contributed by atoms with Crippen LogP contribution in [0.4, 0.5) is 5.69 Å². The van der Waals surface area contributed by atoms with Gasteiger partial charge in [-0.3, -0.25) is 0 Å². The molecule has 1 aromatic carbocycles. The minimum atomic E-state index is 0.554. The summed E-state index contributed by atoms with van der Waals surface area (Å²) >= 11 is 0. The molecule has 0 heterocycles. The maximum Gasteiger partial charge on any atom is 0.142 e. The van der Waals surface area contributed by atoms with Crippen LogP contribution in [0.3, 0.4) is 0 Å². The number of rotatable bonds is 5. The predicted molar refractivity (Wildman–Crippen MR) is 86.4 cm³/mol. The molecule has 0 aromatic heterocycles. The molecule has 3 atom stereocenters. The monoisotopic (exact) mass is 275 g/mol. The third-order valence-corrected chi connectivity index (χ3v) is 4.42. The molecular weight excluding hydrogens is 246 g/mol.